The number of carbonyl (C=O) groups is 1. The highest BCUT2D eigenvalue weighted by molar-refractivity contribution is 5.70. The van der Waals surface area contributed by atoms with Crippen molar-refractivity contribution < 1.29 is 9.90 Å². The fraction of sp³-hybridized carbons (Fsp3) is 0.923. The van der Waals surface area contributed by atoms with Crippen LogP contribution in [0.3, 0.4) is 0 Å². The van der Waals surface area contributed by atoms with Gasteiger partial charge in [-0.2, -0.15) is 0 Å². The van der Waals surface area contributed by atoms with Gasteiger partial charge in [0.15, 0.2) is 0 Å². The highest BCUT2D eigenvalue weighted by Gasteiger charge is 2.29. The molecule has 0 aromatic rings. The van der Waals surface area contributed by atoms with Crippen molar-refractivity contribution in [1.29, 1.82) is 0 Å². The zero-order chi connectivity index (χ0) is 12.3. The number of hydrogen-bond acceptors (Lipinski definition) is 2. The van der Waals surface area contributed by atoms with Crippen LogP contribution in [0.2, 0.25) is 0 Å². The van der Waals surface area contributed by atoms with Crippen LogP contribution in [0, 0.1) is 17.8 Å². The molecular weight excluding hydrogens is 202 g/mol. The third-order valence-corrected chi connectivity index (χ3v) is 4.21. The second kappa shape index (κ2) is 5.67. The van der Waals surface area contributed by atoms with Crippen LogP contribution in [0.4, 0.5) is 0 Å². The highest BCUT2D eigenvalue weighted by Crippen LogP contribution is 2.26. The van der Waals surface area contributed by atoms with Crippen LogP contribution in [0.1, 0.15) is 40.5 Å². The molecular formula is C13H25NO2. The lowest BCUT2D eigenvalue weighted by Gasteiger charge is -2.38. The van der Waals surface area contributed by atoms with Crippen LogP contribution in [0.15, 0.2) is 0 Å². The van der Waals surface area contributed by atoms with Gasteiger partial charge in [-0.05, 0) is 44.7 Å². The van der Waals surface area contributed by atoms with Crippen LogP contribution in [-0.4, -0.2) is 35.1 Å². The molecule has 0 aromatic heterocycles. The summed E-state index contributed by atoms with van der Waals surface area (Å²) in [5, 5.41) is 9.00. The summed E-state index contributed by atoms with van der Waals surface area (Å²) in [6.45, 7) is 10.5. The first kappa shape index (κ1) is 13.5. The first-order chi connectivity index (χ1) is 7.43. The summed E-state index contributed by atoms with van der Waals surface area (Å²) in [6, 6.07) is 0.158. The minimum absolute atomic E-state index is 0.158. The molecule has 0 saturated carbocycles. The summed E-state index contributed by atoms with van der Waals surface area (Å²) >= 11 is 0. The van der Waals surface area contributed by atoms with Crippen molar-refractivity contribution in [3.63, 3.8) is 0 Å². The largest absolute Gasteiger partial charge is 0.481 e. The Morgan fingerprint density at radius 3 is 2.06 bits per heavy atom. The molecule has 1 aliphatic rings. The van der Waals surface area contributed by atoms with Gasteiger partial charge in [-0.3, -0.25) is 9.69 Å². The Labute approximate surface area is 98.8 Å². The Morgan fingerprint density at radius 2 is 1.69 bits per heavy atom. The van der Waals surface area contributed by atoms with Gasteiger partial charge >= 0.3 is 5.97 Å². The van der Waals surface area contributed by atoms with Gasteiger partial charge < -0.3 is 5.11 Å². The van der Waals surface area contributed by atoms with E-state index in [1.165, 1.54) is 12.8 Å². The molecule has 0 spiro atoms. The molecule has 16 heavy (non-hydrogen) atoms. The molecule has 1 aliphatic heterocycles. The van der Waals surface area contributed by atoms with E-state index < -0.39 is 5.97 Å². The Bertz CT molecular complexity index is 232. The Hall–Kier alpha value is -0.570. The van der Waals surface area contributed by atoms with Gasteiger partial charge in [0.2, 0.25) is 0 Å². The Morgan fingerprint density at radius 1 is 1.19 bits per heavy atom. The molecule has 1 heterocycles. The van der Waals surface area contributed by atoms with Gasteiger partial charge in [-0.1, -0.05) is 20.8 Å². The molecule has 1 N–H and O–H groups in total. The number of nitrogens with zero attached hydrogens (tertiary/aromatic N) is 1. The average Bonchev–Trinajstić information content (AvgIpc) is 2.27. The van der Waals surface area contributed by atoms with Crippen LogP contribution in [-0.2, 0) is 4.79 Å². The first-order valence-corrected chi connectivity index (χ1v) is 6.40. The second-order valence-electron chi connectivity index (χ2n) is 5.48. The summed E-state index contributed by atoms with van der Waals surface area (Å²) in [6.07, 6.45) is 2.43. The molecule has 0 aromatic carbocycles. The third-order valence-electron chi connectivity index (χ3n) is 4.21. The van der Waals surface area contributed by atoms with Crippen molar-refractivity contribution in [2.45, 2.75) is 46.6 Å². The molecule has 1 fully saturated rings. The van der Waals surface area contributed by atoms with Gasteiger partial charge in [0.1, 0.15) is 0 Å². The average molecular weight is 227 g/mol. The van der Waals surface area contributed by atoms with E-state index in [9.17, 15) is 4.79 Å². The molecule has 3 nitrogen and oxygen atoms in total. The topological polar surface area (TPSA) is 40.5 Å². The van der Waals surface area contributed by atoms with Crippen molar-refractivity contribution in [2.24, 2.45) is 17.8 Å². The molecule has 2 atom stereocenters. The van der Waals surface area contributed by atoms with Gasteiger partial charge in [0.05, 0.1) is 5.92 Å². The van der Waals surface area contributed by atoms with E-state index in [1.807, 2.05) is 13.8 Å². The predicted molar refractivity (Wildman–Crippen MR) is 65.4 cm³/mol. The van der Waals surface area contributed by atoms with E-state index in [0.29, 0.717) is 0 Å². The number of hydrogen-bond donors (Lipinski definition) is 1. The molecule has 0 bridgehead atoms. The molecule has 1 saturated heterocycles. The standard InChI is InChI=1S/C13H25NO2/c1-9(2)12-5-7-14(8-6-12)11(4)10(3)13(15)16/h9-12H,5-8H2,1-4H3,(H,15,16). The second-order valence-corrected chi connectivity index (χ2v) is 5.48. The van der Waals surface area contributed by atoms with E-state index >= 15 is 0 Å². The van der Waals surface area contributed by atoms with Crippen LogP contribution in [0.5, 0.6) is 0 Å². The fourth-order valence-corrected chi connectivity index (χ4v) is 2.52. The molecule has 94 valence electrons. The van der Waals surface area contributed by atoms with Gasteiger partial charge in [-0.25, -0.2) is 0 Å². The van der Waals surface area contributed by atoms with Crippen LogP contribution < -0.4 is 0 Å². The Balaban J connectivity index is 2.44. The maximum absolute atomic E-state index is 10.9. The molecule has 1 rings (SSSR count). The molecule has 2 unspecified atom stereocenters. The number of rotatable bonds is 4. The maximum atomic E-state index is 10.9. The fourth-order valence-electron chi connectivity index (χ4n) is 2.52. The van der Waals surface area contributed by atoms with Gasteiger partial charge in [0.25, 0.3) is 0 Å². The zero-order valence-corrected chi connectivity index (χ0v) is 10.9. The first-order valence-electron chi connectivity index (χ1n) is 6.40. The van der Waals surface area contributed by atoms with E-state index in [2.05, 4.69) is 18.7 Å². The lowest BCUT2D eigenvalue weighted by atomic mass is 9.85. The summed E-state index contributed by atoms with van der Waals surface area (Å²) < 4.78 is 0. The smallest absolute Gasteiger partial charge is 0.307 e. The van der Waals surface area contributed by atoms with Crippen LogP contribution >= 0.6 is 0 Å². The lowest BCUT2D eigenvalue weighted by Crippen LogP contribution is -2.45. The van der Waals surface area contributed by atoms with Crippen molar-refractivity contribution in [2.75, 3.05) is 13.1 Å². The van der Waals surface area contributed by atoms with Crippen LogP contribution in [0.25, 0.3) is 0 Å². The van der Waals surface area contributed by atoms with Crippen molar-refractivity contribution in [3.05, 3.63) is 0 Å². The SMILES string of the molecule is CC(C)C1CCN(C(C)C(C)C(=O)O)CC1. The van der Waals surface area contributed by atoms with Crippen molar-refractivity contribution in [3.8, 4) is 0 Å². The van der Waals surface area contributed by atoms with Crippen molar-refractivity contribution in [1.82, 2.24) is 4.90 Å². The van der Waals surface area contributed by atoms with Crippen molar-refractivity contribution >= 4 is 5.97 Å². The summed E-state index contributed by atoms with van der Waals surface area (Å²) in [5.41, 5.74) is 0. The molecule has 0 amide bonds. The van der Waals surface area contributed by atoms with Gasteiger partial charge in [0, 0.05) is 6.04 Å². The third kappa shape index (κ3) is 3.21. The minimum atomic E-state index is -0.682. The summed E-state index contributed by atoms with van der Waals surface area (Å²) in [5.74, 6) is 0.632. The van der Waals surface area contributed by atoms with E-state index in [-0.39, 0.29) is 12.0 Å². The predicted octanol–water partition coefficient (Wildman–Crippen LogP) is 2.46. The van der Waals surface area contributed by atoms with E-state index in [0.717, 1.165) is 24.9 Å². The number of likely N-dealkylation sites (tertiary alicyclic amines) is 1. The molecule has 0 aliphatic carbocycles. The maximum Gasteiger partial charge on any atom is 0.307 e. The lowest BCUT2D eigenvalue weighted by molar-refractivity contribution is -0.143. The quantitative estimate of drug-likeness (QED) is 0.802. The van der Waals surface area contributed by atoms with Gasteiger partial charge in [-0.15, -0.1) is 0 Å². The number of aliphatic carboxylic acids is 1. The summed E-state index contributed by atoms with van der Waals surface area (Å²) in [4.78, 5) is 13.3. The summed E-state index contributed by atoms with van der Waals surface area (Å²) in [7, 11) is 0. The highest BCUT2D eigenvalue weighted by atomic mass is 16.4. The molecule has 0 radical (unpaired) electrons. The molecule has 3 heteroatoms. The van der Waals surface area contributed by atoms with E-state index in [4.69, 9.17) is 5.11 Å². The monoisotopic (exact) mass is 227 g/mol. The Kier molecular flexibility index (Phi) is 4.78. The number of carboxylic acids is 1. The normalized spacial score (nSPS) is 23.3. The number of piperidine rings is 1. The minimum Gasteiger partial charge on any atom is -0.481 e. The van der Waals surface area contributed by atoms with E-state index in [1.54, 1.807) is 0 Å². The zero-order valence-electron chi connectivity index (χ0n) is 10.9. The number of carboxylic acid groups (broad SMARTS) is 1.